The summed E-state index contributed by atoms with van der Waals surface area (Å²) in [6.07, 6.45) is -0.130. The van der Waals surface area contributed by atoms with Crippen molar-refractivity contribution >= 4 is 11.9 Å². The Kier molecular flexibility index (Phi) is 3.57. The Morgan fingerprint density at radius 2 is 2.12 bits per heavy atom. The van der Waals surface area contributed by atoms with Gasteiger partial charge in [-0.1, -0.05) is 0 Å². The Bertz CT molecular complexity index is 302. The van der Waals surface area contributed by atoms with Crippen molar-refractivity contribution in [1.29, 1.82) is 0 Å². The van der Waals surface area contributed by atoms with Crippen LogP contribution >= 0.6 is 0 Å². The molecule has 1 amide bonds. The number of carboxylic acids is 1. The third-order valence-electron chi connectivity index (χ3n) is 3.35. The number of hydrogen-bond acceptors (Lipinski definition) is 3. The highest BCUT2D eigenvalue weighted by Crippen LogP contribution is 2.25. The van der Waals surface area contributed by atoms with Crippen LogP contribution in [-0.2, 0) is 9.59 Å². The summed E-state index contributed by atoms with van der Waals surface area (Å²) in [5.41, 5.74) is -0.177. The van der Waals surface area contributed by atoms with Gasteiger partial charge in [-0.25, -0.2) is 0 Å². The second kappa shape index (κ2) is 4.41. The molecule has 0 saturated carbocycles. The first-order valence-corrected chi connectivity index (χ1v) is 5.53. The summed E-state index contributed by atoms with van der Waals surface area (Å²) in [7, 11) is 1.82. The topological polar surface area (TPSA) is 60.9 Å². The van der Waals surface area contributed by atoms with Crippen molar-refractivity contribution in [2.45, 2.75) is 38.8 Å². The van der Waals surface area contributed by atoms with Crippen LogP contribution in [0.1, 0.15) is 27.2 Å². The molecule has 5 heteroatoms. The van der Waals surface area contributed by atoms with Crippen LogP contribution in [0.4, 0.5) is 0 Å². The lowest BCUT2D eigenvalue weighted by molar-refractivity contribution is -0.154. The van der Waals surface area contributed by atoms with Crippen molar-refractivity contribution in [2.75, 3.05) is 20.1 Å². The van der Waals surface area contributed by atoms with Gasteiger partial charge in [0.05, 0.1) is 6.42 Å². The van der Waals surface area contributed by atoms with Gasteiger partial charge in [-0.3, -0.25) is 14.5 Å². The molecule has 1 aliphatic heterocycles. The van der Waals surface area contributed by atoms with Crippen molar-refractivity contribution in [2.24, 2.45) is 0 Å². The van der Waals surface area contributed by atoms with Crippen molar-refractivity contribution in [3.63, 3.8) is 0 Å². The number of carbonyl (C=O) groups is 2. The number of likely N-dealkylation sites (N-methyl/N-ethyl adjacent to an activating group) is 2. The van der Waals surface area contributed by atoms with Gasteiger partial charge in [0.1, 0.15) is 6.04 Å². The van der Waals surface area contributed by atoms with E-state index in [1.54, 1.807) is 4.90 Å². The zero-order valence-electron chi connectivity index (χ0n) is 10.4. The van der Waals surface area contributed by atoms with Gasteiger partial charge >= 0.3 is 5.97 Å². The molecule has 0 aromatic rings. The monoisotopic (exact) mass is 228 g/mol. The van der Waals surface area contributed by atoms with Gasteiger partial charge in [0.15, 0.2) is 0 Å². The second-order valence-corrected chi connectivity index (χ2v) is 4.89. The van der Waals surface area contributed by atoms with E-state index in [9.17, 15) is 9.59 Å². The van der Waals surface area contributed by atoms with Gasteiger partial charge in [-0.2, -0.15) is 0 Å². The van der Waals surface area contributed by atoms with Crippen LogP contribution < -0.4 is 0 Å². The third-order valence-corrected chi connectivity index (χ3v) is 3.35. The van der Waals surface area contributed by atoms with Gasteiger partial charge in [0.2, 0.25) is 5.91 Å². The molecule has 0 aromatic carbocycles. The number of hydrogen-bond donors (Lipinski definition) is 1. The molecule has 1 unspecified atom stereocenters. The van der Waals surface area contributed by atoms with Crippen LogP contribution in [0.3, 0.4) is 0 Å². The zero-order chi connectivity index (χ0) is 12.5. The fourth-order valence-corrected chi connectivity index (χ4v) is 2.11. The number of nitrogens with zero attached hydrogens (tertiary/aromatic N) is 2. The van der Waals surface area contributed by atoms with E-state index in [0.29, 0.717) is 13.1 Å². The Morgan fingerprint density at radius 1 is 1.56 bits per heavy atom. The summed E-state index contributed by atoms with van der Waals surface area (Å²) in [4.78, 5) is 26.4. The lowest BCUT2D eigenvalue weighted by Crippen LogP contribution is -2.65. The smallest absolute Gasteiger partial charge is 0.305 e. The fourth-order valence-electron chi connectivity index (χ4n) is 2.11. The molecule has 92 valence electrons. The number of carboxylic acid groups (broad SMARTS) is 1. The molecule has 1 saturated heterocycles. The second-order valence-electron chi connectivity index (χ2n) is 4.89. The fraction of sp³-hybridized carbons (Fsp3) is 0.818. The number of aliphatic carboxylic acids is 1. The van der Waals surface area contributed by atoms with Gasteiger partial charge in [0, 0.05) is 18.6 Å². The first kappa shape index (κ1) is 13.0. The third kappa shape index (κ3) is 2.35. The molecule has 1 fully saturated rings. The summed E-state index contributed by atoms with van der Waals surface area (Å²) in [5.74, 6) is -1.01. The van der Waals surface area contributed by atoms with E-state index in [1.165, 1.54) is 0 Å². The molecule has 1 aliphatic rings. The predicted molar refractivity (Wildman–Crippen MR) is 60.1 cm³/mol. The molecule has 0 spiro atoms. The standard InChI is InChI=1S/C11H20N2O3/c1-5-13-7-11(2,3)12(4)8(10(13)16)6-9(14)15/h8H,5-7H2,1-4H3,(H,14,15). The maximum Gasteiger partial charge on any atom is 0.305 e. The summed E-state index contributed by atoms with van der Waals surface area (Å²) in [6.45, 7) is 7.24. The van der Waals surface area contributed by atoms with E-state index in [1.807, 2.05) is 32.7 Å². The Morgan fingerprint density at radius 3 is 2.56 bits per heavy atom. The van der Waals surface area contributed by atoms with Gasteiger partial charge < -0.3 is 10.0 Å². The lowest BCUT2D eigenvalue weighted by atomic mass is 9.93. The molecular formula is C11H20N2O3. The average molecular weight is 228 g/mol. The van der Waals surface area contributed by atoms with Crippen molar-refractivity contribution in [1.82, 2.24) is 9.80 Å². The van der Waals surface area contributed by atoms with Gasteiger partial charge in [0.25, 0.3) is 0 Å². The van der Waals surface area contributed by atoms with E-state index in [4.69, 9.17) is 5.11 Å². The molecular weight excluding hydrogens is 208 g/mol. The van der Waals surface area contributed by atoms with Crippen LogP contribution in [0.15, 0.2) is 0 Å². The molecule has 0 radical (unpaired) electrons. The molecule has 0 bridgehead atoms. The largest absolute Gasteiger partial charge is 0.481 e. The maximum absolute atomic E-state index is 12.0. The van der Waals surface area contributed by atoms with E-state index >= 15 is 0 Å². The highest BCUT2D eigenvalue weighted by atomic mass is 16.4. The average Bonchev–Trinajstić information content (AvgIpc) is 2.18. The van der Waals surface area contributed by atoms with Gasteiger partial charge in [-0.05, 0) is 27.8 Å². The highest BCUT2D eigenvalue weighted by molar-refractivity contribution is 5.87. The van der Waals surface area contributed by atoms with Crippen LogP contribution in [0.25, 0.3) is 0 Å². The summed E-state index contributed by atoms with van der Waals surface area (Å²) in [5, 5.41) is 8.83. The van der Waals surface area contributed by atoms with Crippen molar-refractivity contribution in [3.05, 3.63) is 0 Å². The molecule has 0 aliphatic carbocycles. The Balaban J connectivity index is 2.93. The minimum Gasteiger partial charge on any atom is -0.481 e. The summed E-state index contributed by atoms with van der Waals surface area (Å²) in [6, 6.07) is -0.541. The Hall–Kier alpha value is -1.10. The maximum atomic E-state index is 12.0. The number of amides is 1. The molecule has 1 rings (SSSR count). The minimum absolute atomic E-state index is 0.0771. The molecule has 5 nitrogen and oxygen atoms in total. The van der Waals surface area contributed by atoms with Crippen LogP contribution in [-0.4, -0.2) is 58.5 Å². The highest BCUT2D eigenvalue weighted by Gasteiger charge is 2.43. The SMILES string of the molecule is CCN1CC(C)(C)N(C)C(CC(=O)O)C1=O. The predicted octanol–water partition coefficient (Wildman–Crippen LogP) is 0.402. The zero-order valence-corrected chi connectivity index (χ0v) is 10.4. The minimum atomic E-state index is -0.932. The Labute approximate surface area is 96.0 Å². The molecule has 0 aromatic heterocycles. The summed E-state index contributed by atoms with van der Waals surface area (Å²) < 4.78 is 0. The number of rotatable bonds is 3. The van der Waals surface area contributed by atoms with E-state index < -0.39 is 12.0 Å². The number of piperazine rings is 1. The first-order chi connectivity index (χ1) is 7.29. The molecule has 1 atom stereocenters. The molecule has 1 N–H and O–H groups in total. The van der Waals surface area contributed by atoms with Crippen molar-refractivity contribution in [3.8, 4) is 0 Å². The van der Waals surface area contributed by atoms with Gasteiger partial charge in [-0.15, -0.1) is 0 Å². The van der Waals surface area contributed by atoms with E-state index in [2.05, 4.69) is 0 Å². The van der Waals surface area contributed by atoms with E-state index in [0.717, 1.165) is 0 Å². The molecule has 16 heavy (non-hydrogen) atoms. The normalized spacial score (nSPS) is 25.9. The lowest BCUT2D eigenvalue weighted by Gasteiger charge is -2.48. The molecule has 1 heterocycles. The number of carbonyl (C=O) groups excluding carboxylic acids is 1. The summed E-state index contributed by atoms with van der Waals surface area (Å²) >= 11 is 0. The van der Waals surface area contributed by atoms with Crippen molar-refractivity contribution < 1.29 is 14.7 Å². The van der Waals surface area contributed by atoms with Crippen LogP contribution in [0.2, 0.25) is 0 Å². The first-order valence-electron chi connectivity index (χ1n) is 5.53. The quantitative estimate of drug-likeness (QED) is 0.759. The van der Waals surface area contributed by atoms with Crippen LogP contribution in [0.5, 0.6) is 0 Å². The van der Waals surface area contributed by atoms with E-state index in [-0.39, 0.29) is 17.9 Å². The van der Waals surface area contributed by atoms with Crippen LogP contribution in [0, 0.1) is 0 Å².